The van der Waals surface area contributed by atoms with E-state index in [1.807, 2.05) is 6.92 Å². The van der Waals surface area contributed by atoms with Crippen molar-refractivity contribution in [1.82, 2.24) is 0 Å². The van der Waals surface area contributed by atoms with Crippen molar-refractivity contribution in [3.8, 4) is 0 Å². The Morgan fingerprint density at radius 3 is 3.06 bits per heavy atom. The van der Waals surface area contributed by atoms with E-state index in [2.05, 4.69) is 25.1 Å². The minimum Gasteiger partial charge on any atom is -0.466 e. The summed E-state index contributed by atoms with van der Waals surface area (Å²) in [7, 11) is 0. The minimum absolute atomic E-state index is 0.0677. The van der Waals surface area contributed by atoms with Crippen molar-refractivity contribution in [2.45, 2.75) is 39.0 Å². The molecule has 1 aliphatic rings. The standard InChI is InChI=1S/C14H18O2/c1-3-16-14(15)9-11-7-8-12-10(2)5-4-6-13(11)12/h4-6,11H,3,7-9H2,1-2H3. The van der Waals surface area contributed by atoms with E-state index in [9.17, 15) is 4.79 Å². The lowest BCUT2D eigenvalue weighted by molar-refractivity contribution is -0.143. The monoisotopic (exact) mass is 218 g/mol. The predicted molar refractivity (Wildman–Crippen MR) is 63.5 cm³/mol. The highest BCUT2D eigenvalue weighted by Gasteiger charge is 2.25. The van der Waals surface area contributed by atoms with Crippen LogP contribution in [0.5, 0.6) is 0 Å². The Kier molecular flexibility index (Phi) is 3.28. The second-order valence-electron chi connectivity index (χ2n) is 4.39. The van der Waals surface area contributed by atoms with Crippen molar-refractivity contribution >= 4 is 5.97 Å². The van der Waals surface area contributed by atoms with Gasteiger partial charge in [-0.3, -0.25) is 4.79 Å². The molecular formula is C14H18O2. The summed E-state index contributed by atoms with van der Waals surface area (Å²) < 4.78 is 5.01. The number of hydrogen-bond donors (Lipinski definition) is 0. The van der Waals surface area contributed by atoms with Crippen LogP contribution in [0, 0.1) is 6.92 Å². The molecule has 16 heavy (non-hydrogen) atoms. The first-order valence-electron chi connectivity index (χ1n) is 5.96. The predicted octanol–water partition coefficient (Wildman–Crippen LogP) is 2.98. The smallest absolute Gasteiger partial charge is 0.306 e. The zero-order valence-electron chi connectivity index (χ0n) is 9.95. The van der Waals surface area contributed by atoms with Gasteiger partial charge in [-0.1, -0.05) is 18.2 Å². The van der Waals surface area contributed by atoms with Gasteiger partial charge in [-0.2, -0.15) is 0 Å². The van der Waals surface area contributed by atoms with Crippen molar-refractivity contribution in [2.75, 3.05) is 6.61 Å². The molecule has 0 bridgehead atoms. The second-order valence-corrected chi connectivity index (χ2v) is 4.39. The fraction of sp³-hybridized carbons (Fsp3) is 0.500. The molecular weight excluding hydrogens is 200 g/mol. The van der Waals surface area contributed by atoms with Crippen LogP contribution in [0.4, 0.5) is 0 Å². The Labute approximate surface area is 96.6 Å². The second kappa shape index (κ2) is 4.69. The molecule has 0 amide bonds. The Bertz CT molecular complexity index is 396. The van der Waals surface area contributed by atoms with Crippen molar-refractivity contribution < 1.29 is 9.53 Å². The van der Waals surface area contributed by atoms with E-state index in [1.54, 1.807) is 0 Å². The molecule has 0 saturated heterocycles. The molecule has 2 heteroatoms. The highest BCUT2D eigenvalue weighted by atomic mass is 16.5. The van der Waals surface area contributed by atoms with Crippen LogP contribution < -0.4 is 0 Å². The number of hydrogen-bond acceptors (Lipinski definition) is 2. The molecule has 1 unspecified atom stereocenters. The third-order valence-electron chi connectivity index (χ3n) is 3.35. The van der Waals surface area contributed by atoms with Gasteiger partial charge in [0, 0.05) is 0 Å². The summed E-state index contributed by atoms with van der Waals surface area (Å²) in [6, 6.07) is 6.38. The molecule has 1 aromatic carbocycles. The Hall–Kier alpha value is -1.31. The maximum absolute atomic E-state index is 11.5. The Morgan fingerprint density at radius 1 is 1.50 bits per heavy atom. The highest BCUT2D eigenvalue weighted by Crippen LogP contribution is 2.37. The lowest BCUT2D eigenvalue weighted by Gasteiger charge is -2.11. The highest BCUT2D eigenvalue weighted by molar-refractivity contribution is 5.71. The number of ether oxygens (including phenoxy) is 1. The molecule has 0 saturated carbocycles. The number of rotatable bonds is 3. The number of esters is 1. The van der Waals surface area contributed by atoms with E-state index in [4.69, 9.17) is 4.74 Å². The summed E-state index contributed by atoms with van der Waals surface area (Å²) in [5, 5.41) is 0. The van der Waals surface area contributed by atoms with E-state index in [-0.39, 0.29) is 5.97 Å². The number of aryl methyl sites for hydroxylation is 1. The maximum atomic E-state index is 11.5. The van der Waals surface area contributed by atoms with Crippen LogP contribution in [0.2, 0.25) is 0 Å². The van der Waals surface area contributed by atoms with Crippen LogP contribution in [0.1, 0.15) is 42.4 Å². The summed E-state index contributed by atoms with van der Waals surface area (Å²) in [6.07, 6.45) is 2.72. The summed E-state index contributed by atoms with van der Waals surface area (Å²) in [5.41, 5.74) is 4.15. The average Bonchev–Trinajstić information content (AvgIpc) is 2.64. The van der Waals surface area contributed by atoms with Gasteiger partial charge < -0.3 is 4.74 Å². The Balaban J connectivity index is 2.12. The molecule has 1 aliphatic carbocycles. The van der Waals surface area contributed by atoms with Crippen LogP contribution in [0.25, 0.3) is 0 Å². The molecule has 1 aromatic rings. The van der Waals surface area contributed by atoms with Gasteiger partial charge in [-0.25, -0.2) is 0 Å². The van der Waals surface area contributed by atoms with E-state index >= 15 is 0 Å². The number of carbonyl (C=O) groups is 1. The molecule has 0 heterocycles. The quantitative estimate of drug-likeness (QED) is 0.729. The zero-order valence-corrected chi connectivity index (χ0v) is 9.95. The van der Waals surface area contributed by atoms with Crippen molar-refractivity contribution in [2.24, 2.45) is 0 Å². The van der Waals surface area contributed by atoms with E-state index in [1.165, 1.54) is 16.7 Å². The minimum atomic E-state index is -0.0677. The number of fused-ring (bicyclic) bond motifs is 1. The molecule has 0 N–H and O–H groups in total. The van der Waals surface area contributed by atoms with Gasteiger partial charge in [0.2, 0.25) is 0 Å². The normalized spacial score (nSPS) is 18.2. The third kappa shape index (κ3) is 2.11. The van der Waals surface area contributed by atoms with Gasteiger partial charge in [0.1, 0.15) is 0 Å². The first-order chi connectivity index (χ1) is 7.72. The molecule has 0 spiro atoms. The topological polar surface area (TPSA) is 26.3 Å². The lowest BCUT2D eigenvalue weighted by Crippen LogP contribution is -2.08. The van der Waals surface area contributed by atoms with Crippen LogP contribution in [0.15, 0.2) is 18.2 Å². The third-order valence-corrected chi connectivity index (χ3v) is 3.35. The fourth-order valence-electron chi connectivity index (χ4n) is 2.56. The van der Waals surface area contributed by atoms with Crippen molar-refractivity contribution in [1.29, 1.82) is 0 Å². The van der Waals surface area contributed by atoms with Gasteiger partial charge in [0.05, 0.1) is 13.0 Å². The first kappa shape index (κ1) is 11.2. The summed E-state index contributed by atoms with van der Waals surface area (Å²) in [5.74, 6) is 0.302. The van der Waals surface area contributed by atoms with Crippen LogP contribution in [-0.4, -0.2) is 12.6 Å². The summed E-state index contributed by atoms with van der Waals surface area (Å²) >= 11 is 0. The van der Waals surface area contributed by atoms with Gasteiger partial charge in [0.15, 0.2) is 0 Å². The SMILES string of the molecule is CCOC(=O)CC1CCc2c(C)cccc21. The van der Waals surface area contributed by atoms with Crippen molar-refractivity contribution in [3.05, 3.63) is 34.9 Å². The summed E-state index contributed by atoms with van der Waals surface area (Å²) in [4.78, 5) is 11.5. The van der Waals surface area contributed by atoms with Gasteiger partial charge in [-0.05, 0) is 49.3 Å². The largest absolute Gasteiger partial charge is 0.466 e. The maximum Gasteiger partial charge on any atom is 0.306 e. The van der Waals surface area contributed by atoms with Crippen molar-refractivity contribution in [3.63, 3.8) is 0 Å². The summed E-state index contributed by atoms with van der Waals surface area (Å²) in [6.45, 7) is 4.47. The average molecular weight is 218 g/mol. The molecule has 1 atom stereocenters. The van der Waals surface area contributed by atoms with Gasteiger partial charge in [0.25, 0.3) is 0 Å². The van der Waals surface area contributed by atoms with Gasteiger partial charge >= 0.3 is 5.97 Å². The number of carbonyl (C=O) groups excluding carboxylic acids is 1. The first-order valence-corrected chi connectivity index (χ1v) is 5.96. The molecule has 2 rings (SSSR count). The van der Waals surface area contributed by atoms with Crippen LogP contribution in [0.3, 0.4) is 0 Å². The Morgan fingerprint density at radius 2 is 2.31 bits per heavy atom. The zero-order chi connectivity index (χ0) is 11.5. The molecule has 0 aliphatic heterocycles. The fourth-order valence-corrected chi connectivity index (χ4v) is 2.56. The molecule has 86 valence electrons. The molecule has 0 fully saturated rings. The van der Waals surface area contributed by atoms with Crippen LogP contribution >= 0.6 is 0 Å². The van der Waals surface area contributed by atoms with E-state index in [0.29, 0.717) is 18.9 Å². The van der Waals surface area contributed by atoms with Gasteiger partial charge in [-0.15, -0.1) is 0 Å². The molecule has 0 radical (unpaired) electrons. The number of benzene rings is 1. The van der Waals surface area contributed by atoms with E-state index < -0.39 is 0 Å². The van der Waals surface area contributed by atoms with E-state index in [0.717, 1.165) is 12.8 Å². The lowest BCUT2D eigenvalue weighted by atomic mass is 9.96. The van der Waals surface area contributed by atoms with Crippen LogP contribution in [-0.2, 0) is 16.0 Å². The molecule has 0 aromatic heterocycles. The molecule has 2 nitrogen and oxygen atoms in total.